The van der Waals surface area contributed by atoms with Gasteiger partial charge in [0.05, 0.1) is 0 Å². The number of nitrogens with one attached hydrogen (secondary N) is 1. The van der Waals surface area contributed by atoms with Gasteiger partial charge in [-0.2, -0.15) is 0 Å². The molecule has 7 N–H and O–H groups in total. The van der Waals surface area contributed by atoms with Gasteiger partial charge in [-0.1, -0.05) is 0 Å². The van der Waals surface area contributed by atoms with Crippen LogP contribution >= 0.6 is 8.03 Å². The maximum Gasteiger partial charge on any atom is -0.412 e. The fourth-order valence-electron chi connectivity index (χ4n) is 3.39. The van der Waals surface area contributed by atoms with Crippen LogP contribution in [-0.4, -0.2) is 66.1 Å². The third-order valence-electron chi connectivity index (χ3n) is 5.28. The predicted octanol–water partition coefficient (Wildman–Crippen LogP) is 0.467. The Balaban J connectivity index is 0.00000729. The molecule has 0 heterocycles. The van der Waals surface area contributed by atoms with Crippen molar-refractivity contribution in [2.75, 3.05) is 6.54 Å². The van der Waals surface area contributed by atoms with Crippen LogP contribution < -0.4 is 11.1 Å². The van der Waals surface area contributed by atoms with Crippen molar-refractivity contribution in [3.8, 4) is 0 Å². The number of carbonyl (C=O) groups excluding carboxylic acids is 2. The molecule has 164 valence electrons. The average molecular weight is 483 g/mol. The number of rotatable bonds is 11. The Bertz CT molecular complexity index is 516. The van der Waals surface area contributed by atoms with E-state index in [2.05, 4.69) is 5.32 Å². The minimum absolute atomic E-state index is 0. The second kappa shape index (κ2) is 13.8. The van der Waals surface area contributed by atoms with Gasteiger partial charge in [0.2, 0.25) is 0 Å². The van der Waals surface area contributed by atoms with Crippen LogP contribution in [0.25, 0.3) is 0 Å². The SMILES string of the molecule is CC(C)[C@H](N)C(=O)[AsH][C@@H](C)C(=O)NC[C@H](O)CC(C1CCCCC1)[P+](=O)O.O. The average Bonchev–Trinajstić information content (AvgIpc) is 2.63. The molecule has 1 aliphatic carbocycles. The predicted molar refractivity (Wildman–Crippen MR) is 112 cm³/mol. The number of amides is 1. The zero-order valence-electron chi connectivity index (χ0n) is 17.1. The van der Waals surface area contributed by atoms with Crippen molar-refractivity contribution < 1.29 is 29.6 Å². The van der Waals surface area contributed by atoms with Crippen molar-refractivity contribution in [3.05, 3.63) is 0 Å². The summed E-state index contributed by atoms with van der Waals surface area (Å²) in [6.45, 7) is 5.50. The molecule has 3 unspecified atom stereocenters. The molecule has 0 saturated heterocycles. The van der Waals surface area contributed by atoms with Crippen LogP contribution in [0.5, 0.6) is 0 Å². The van der Waals surface area contributed by atoms with Crippen LogP contribution in [0.15, 0.2) is 0 Å². The molecule has 1 aliphatic rings. The summed E-state index contributed by atoms with van der Waals surface area (Å²) in [5.41, 5.74) is 5.42. The van der Waals surface area contributed by atoms with E-state index in [9.17, 15) is 24.2 Å². The molecular weight excluding hydrogens is 446 g/mol. The van der Waals surface area contributed by atoms with E-state index in [0.717, 1.165) is 32.1 Å². The van der Waals surface area contributed by atoms with E-state index in [4.69, 9.17) is 5.73 Å². The molecule has 1 saturated carbocycles. The van der Waals surface area contributed by atoms with E-state index >= 15 is 0 Å². The molecule has 1 fully saturated rings. The number of carbonyl (C=O) groups is 2. The van der Waals surface area contributed by atoms with Crippen LogP contribution in [0.3, 0.4) is 0 Å². The van der Waals surface area contributed by atoms with Gasteiger partial charge in [0, 0.05) is 0 Å². The van der Waals surface area contributed by atoms with Crippen LogP contribution in [0.1, 0.15) is 59.3 Å². The van der Waals surface area contributed by atoms with Gasteiger partial charge in [0.25, 0.3) is 0 Å². The van der Waals surface area contributed by atoms with Crippen molar-refractivity contribution in [2.24, 2.45) is 17.6 Å². The van der Waals surface area contributed by atoms with Crippen LogP contribution in [-0.2, 0) is 14.2 Å². The Kier molecular flexibility index (Phi) is 13.6. The van der Waals surface area contributed by atoms with Crippen molar-refractivity contribution in [2.45, 2.75) is 81.8 Å². The van der Waals surface area contributed by atoms with Crippen molar-refractivity contribution in [1.29, 1.82) is 0 Å². The summed E-state index contributed by atoms with van der Waals surface area (Å²) in [6.07, 6.45) is 4.46. The Morgan fingerprint density at radius 3 is 2.29 bits per heavy atom. The van der Waals surface area contributed by atoms with Gasteiger partial charge < -0.3 is 5.48 Å². The molecule has 8 nitrogen and oxygen atoms in total. The topological polar surface area (TPSA) is 161 Å². The van der Waals surface area contributed by atoms with Crippen molar-refractivity contribution >= 4 is 34.3 Å². The number of hydrogen-bond acceptors (Lipinski definition) is 5. The van der Waals surface area contributed by atoms with Gasteiger partial charge in [-0.25, -0.2) is 0 Å². The van der Waals surface area contributed by atoms with E-state index < -0.39 is 46.3 Å². The maximum atomic E-state index is 12.2. The van der Waals surface area contributed by atoms with Crippen LogP contribution in [0, 0.1) is 11.8 Å². The molecule has 0 radical (unpaired) electrons. The molecule has 10 heteroatoms. The second-order valence-corrected chi connectivity index (χ2v) is 12.6. The van der Waals surface area contributed by atoms with Gasteiger partial charge >= 0.3 is 170 Å². The molecule has 0 aromatic carbocycles. The fourth-order valence-corrected chi connectivity index (χ4v) is 6.96. The minimum atomic E-state index is -2.36. The Morgan fingerprint density at radius 2 is 1.79 bits per heavy atom. The first-order valence-electron chi connectivity index (χ1n) is 9.80. The number of nitrogens with two attached hydrogens (primary N) is 1. The van der Waals surface area contributed by atoms with Gasteiger partial charge in [0.1, 0.15) is 0 Å². The molecule has 0 aromatic heterocycles. The van der Waals surface area contributed by atoms with Gasteiger partial charge in [-0.05, 0) is 0 Å². The van der Waals surface area contributed by atoms with Gasteiger partial charge in [-0.3, -0.25) is 0 Å². The van der Waals surface area contributed by atoms with Crippen LogP contribution in [0.4, 0.5) is 0 Å². The Labute approximate surface area is 175 Å². The van der Waals surface area contributed by atoms with E-state index in [1.54, 1.807) is 6.92 Å². The summed E-state index contributed by atoms with van der Waals surface area (Å²) in [7, 11) is -2.36. The molecule has 1 rings (SSSR count). The first-order valence-corrected chi connectivity index (χ1v) is 13.3. The summed E-state index contributed by atoms with van der Waals surface area (Å²) in [5.74, 6) is -0.0464. The van der Waals surface area contributed by atoms with E-state index in [1.807, 2.05) is 13.8 Å². The maximum absolute atomic E-state index is 12.2. The Morgan fingerprint density at radius 1 is 1.21 bits per heavy atom. The van der Waals surface area contributed by atoms with E-state index in [1.165, 1.54) is 0 Å². The second-order valence-electron chi connectivity index (χ2n) is 7.90. The van der Waals surface area contributed by atoms with Crippen LogP contribution in [0.2, 0.25) is 4.71 Å². The molecule has 0 aliphatic heterocycles. The molecule has 1 amide bonds. The fraction of sp³-hybridized carbons (Fsp3) is 0.889. The molecular formula is C18H37AsN2O6P+. The number of hydrogen-bond donors (Lipinski definition) is 4. The van der Waals surface area contributed by atoms with Gasteiger partial charge in [-0.15, -0.1) is 0 Å². The molecule has 0 aromatic rings. The summed E-state index contributed by atoms with van der Waals surface area (Å²) < 4.78 is 11.3. The molecule has 28 heavy (non-hydrogen) atoms. The first kappa shape index (κ1) is 27.6. The Hall–Kier alpha value is -0.362. The quantitative estimate of drug-likeness (QED) is 0.247. The van der Waals surface area contributed by atoms with E-state index in [-0.39, 0.29) is 40.8 Å². The van der Waals surface area contributed by atoms with Crippen molar-refractivity contribution in [3.63, 3.8) is 0 Å². The smallest absolute Gasteiger partial charge is 0.412 e. The number of aliphatic hydroxyl groups is 1. The largest absolute Gasteiger partial charge is 0.412 e. The monoisotopic (exact) mass is 483 g/mol. The molecule has 6 atom stereocenters. The minimum Gasteiger partial charge on any atom is -0.412 e. The zero-order chi connectivity index (χ0) is 20.6. The normalized spacial score (nSPS) is 20.3. The summed E-state index contributed by atoms with van der Waals surface area (Å²) >= 11 is -1.18. The standard InChI is InChI=1S/C18H34AsN2O5P.H2O/c1-11(2)16(20)17(23)19-12(3)18(24)21-10-14(22)9-15(27(25)26)13-7-5-4-6-8-13;/h11-16,19,22H,4-10,20H2,1-3H3,(H-,21,24,25,26);1H2/p+1/t12-,14+,15?,16-;/m0./s1. The number of aliphatic hydroxyl groups excluding tert-OH is 1. The molecule has 0 spiro atoms. The third-order valence-corrected chi connectivity index (χ3v) is 9.23. The third kappa shape index (κ3) is 9.42. The van der Waals surface area contributed by atoms with Crippen molar-refractivity contribution in [1.82, 2.24) is 5.32 Å². The van der Waals surface area contributed by atoms with Gasteiger partial charge in [0.15, 0.2) is 0 Å². The summed E-state index contributed by atoms with van der Waals surface area (Å²) in [5, 5.41) is 12.9. The zero-order valence-corrected chi connectivity index (χ0v) is 20.1. The van der Waals surface area contributed by atoms with E-state index in [0.29, 0.717) is 0 Å². The first-order chi connectivity index (χ1) is 12.6. The summed E-state index contributed by atoms with van der Waals surface area (Å²) in [4.78, 5) is 33.9. The molecule has 0 bridgehead atoms. The summed E-state index contributed by atoms with van der Waals surface area (Å²) in [6, 6.07) is -0.525.